The molecule has 0 saturated carbocycles. The summed E-state index contributed by atoms with van der Waals surface area (Å²) >= 11 is 0. The van der Waals surface area contributed by atoms with Crippen LogP contribution in [0.4, 0.5) is 0 Å². The number of benzene rings is 2. The molecule has 2 aromatic carbocycles. The van der Waals surface area contributed by atoms with E-state index >= 15 is 0 Å². The molecule has 174 valence electrons. The van der Waals surface area contributed by atoms with Crippen molar-refractivity contribution >= 4 is 21.7 Å². The number of nitrogens with one attached hydrogen (secondary N) is 1. The standard InChI is InChI=1S/C23H30N2O6S/c1-5-20(19-8-6-7-9-21(19)31-16-22(26)25(2)3)24-23(27)17-10-12-18(13-11-17)32(28,29)15-14-30-4/h6-13,20H,5,14-16H2,1-4H3,(H,24,27). The lowest BCUT2D eigenvalue weighted by atomic mass is 10.0. The number of likely N-dealkylation sites (N-methyl/N-ethyl adjacent to an activating group) is 1. The molecule has 1 N–H and O–H groups in total. The second-order valence-electron chi connectivity index (χ2n) is 7.39. The van der Waals surface area contributed by atoms with Crippen molar-refractivity contribution in [2.45, 2.75) is 24.3 Å². The summed E-state index contributed by atoms with van der Waals surface area (Å²) < 4.78 is 35.0. The largest absolute Gasteiger partial charge is 0.483 e. The molecule has 0 aliphatic heterocycles. The molecular formula is C23H30N2O6S. The first-order valence-electron chi connectivity index (χ1n) is 10.2. The Balaban J connectivity index is 2.14. The van der Waals surface area contributed by atoms with Gasteiger partial charge in [0.25, 0.3) is 11.8 Å². The summed E-state index contributed by atoms with van der Waals surface area (Å²) in [5.74, 6) is -0.108. The van der Waals surface area contributed by atoms with Crippen LogP contribution in [-0.4, -0.2) is 65.3 Å². The van der Waals surface area contributed by atoms with E-state index < -0.39 is 9.84 Å². The van der Waals surface area contributed by atoms with Gasteiger partial charge in [0, 0.05) is 32.3 Å². The third-order valence-electron chi connectivity index (χ3n) is 4.89. The van der Waals surface area contributed by atoms with Crippen LogP contribution in [0.25, 0.3) is 0 Å². The van der Waals surface area contributed by atoms with Crippen molar-refractivity contribution < 1.29 is 27.5 Å². The van der Waals surface area contributed by atoms with Gasteiger partial charge < -0.3 is 19.7 Å². The third-order valence-corrected chi connectivity index (χ3v) is 6.58. The Morgan fingerprint density at radius 1 is 1.06 bits per heavy atom. The normalized spacial score (nSPS) is 12.1. The second kappa shape index (κ2) is 11.6. The van der Waals surface area contributed by atoms with Gasteiger partial charge in [-0.2, -0.15) is 0 Å². The lowest BCUT2D eigenvalue weighted by Crippen LogP contribution is -2.30. The zero-order chi connectivity index (χ0) is 23.7. The molecule has 0 aliphatic carbocycles. The fourth-order valence-corrected chi connectivity index (χ4v) is 4.11. The van der Waals surface area contributed by atoms with E-state index in [1.165, 1.54) is 36.3 Å². The lowest BCUT2D eigenvalue weighted by Gasteiger charge is -2.21. The van der Waals surface area contributed by atoms with Crippen LogP contribution in [-0.2, 0) is 19.4 Å². The van der Waals surface area contributed by atoms with Crippen LogP contribution in [0, 0.1) is 0 Å². The summed E-state index contributed by atoms with van der Waals surface area (Å²) in [5, 5.41) is 2.96. The molecule has 0 saturated heterocycles. The van der Waals surface area contributed by atoms with Crippen molar-refractivity contribution in [1.29, 1.82) is 0 Å². The summed E-state index contributed by atoms with van der Waals surface area (Å²) in [6.45, 7) is 1.93. The Kier molecular flexibility index (Phi) is 9.22. The number of hydrogen-bond acceptors (Lipinski definition) is 6. The Morgan fingerprint density at radius 3 is 2.31 bits per heavy atom. The number of nitrogens with zero attached hydrogens (tertiary/aromatic N) is 1. The van der Waals surface area contributed by atoms with Gasteiger partial charge in [-0.25, -0.2) is 8.42 Å². The van der Waals surface area contributed by atoms with Gasteiger partial charge in [-0.15, -0.1) is 0 Å². The Labute approximate surface area is 189 Å². The zero-order valence-electron chi connectivity index (χ0n) is 18.8. The first-order chi connectivity index (χ1) is 15.2. The van der Waals surface area contributed by atoms with E-state index in [4.69, 9.17) is 9.47 Å². The van der Waals surface area contributed by atoms with Crippen LogP contribution in [0.15, 0.2) is 53.4 Å². The molecule has 0 aromatic heterocycles. The van der Waals surface area contributed by atoms with Gasteiger partial charge in [-0.3, -0.25) is 9.59 Å². The minimum Gasteiger partial charge on any atom is -0.483 e. The smallest absolute Gasteiger partial charge is 0.259 e. The maximum absolute atomic E-state index is 12.8. The maximum atomic E-state index is 12.8. The monoisotopic (exact) mass is 462 g/mol. The summed E-state index contributed by atoms with van der Waals surface area (Å²) in [6.07, 6.45) is 0.594. The van der Waals surface area contributed by atoms with Crippen LogP contribution >= 0.6 is 0 Å². The van der Waals surface area contributed by atoms with E-state index in [2.05, 4.69) is 5.32 Å². The van der Waals surface area contributed by atoms with Gasteiger partial charge in [0.05, 0.1) is 23.3 Å². The van der Waals surface area contributed by atoms with Crippen LogP contribution < -0.4 is 10.1 Å². The molecule has 0 heterocycles. The Bertz CT molecular complexity index is 1020. The van der Waals surface area contributed by atoms with Crippen molar-refractivity contribution in [1.82, 2.24) is 10.2 Å². The van der Waals surface area contributed by atoms with Crippen LogP contribution in [0.5, 0.6) is 5.75 Å². The molecule has 32 heavy (non-hydrogen) atoms. The molecule has 9 heteroatoms. The van der Waals surface area contributed by atoms with E-state index in [0.29, 0.717) is 17.7 Å². The number of ether oxygens (including phenoxy) is 2. The van der Waals surface area contributed by atoms with Crippen molar-refractivity contribution in [3.05, 3.63) is 59.7 Å². The predicted octanol–water partition coefficient (Wildman–Crippen LogP) is 2.45. The average Bonchev–Trinajstić information content (AvgIpc) is 2.79. The van der Waals surface area contributed by atoms with Crippen molar-refractivity contribution in [2.75, 3.05) is 40.2 Å². The van der Waals surface area contributed by atoms with Crippen molar-refractivity contribution in [2.24, 2.45) is 0 Å². The lowest BCUT2D eigenvalue weighted by molar-refractivity contribution is -0.130. The SMILES string of the molecule is CCC(NC(=O)c1ccc(S(=O)(=O)CCOC)cc1)c1ccccc1OCC(=O)N(C)C. The van der Waals surface area contributed by atoms with Crippen molar-refractivity contribution in [3.63, 3.8) is 0 Å². The third kappa shape index (κ3) is 6.80. The van der Waals surface area contributed by atoms with Gasteiger partial charge in [-0.1, -0.05) is 25.1 Å². The summed E-state index contributed by atoms with van der Waals surface area (Å²) in [4.78, 5) is 26.3. The number of hydrogen-bond donors (Lipinski definition) is 1. The molecule has 0 fully saturated rings. The fourth-order valence-electron chi connectivity index (χ4n) is 2.93. The van der Waals surface area contributed by atoms with Crippen molar-refractivity contribution in [3.8, 4) is 5.75 Å². The molecule has 8 nitrogen and oxygen atoms in total. The first kappa shape index (κ1) is 25.4. The molecular weight excluding hydrogens is 432 g/mol. The highest BCUT2D eigenvalue weighted by Crippen LogP contribution is 2.27. The topological polar surface area (TPSA) is 102 Å². The first-order valence-corrected chi connectivity index (χ1v) is 11.9. The fraction of sp³-hybridized carbons (Fsp3) is 0.391. The van der Waals surface area contributed by atoms with E-state index in [9.17, 15) is 18.0 Å². The predicted molar refractivity (Wildman–Crippen MR) is 122 cm³/mol. The molecule has 0 radical (unpaired) electrons. The van der Waals surface area contributed by atoms with E-state index in [0.717, 1.165) is 5.56 Å². The van der Waals surface area contributed by atoms with Crippen LogP contribution in [0.3, 0.4) is 0 Å². The van der Waals surface area contributed by atoms with Gasteiger partial charge in [0.1, 0.15) is 5.75 Å². The number of rotatable bonds is 11. The Hall–Kier alpha value is -2.91. The molecule has 2 amide bonds. The van der Waals surface area contributed by atoms with E-state index in [-0.39, 0.29) is 41.7 Å². The zero-order valence-corrected chi connectivity index (χ0v) is 19.6. The molecule has 0 bridgehead atoms. The Morgan fingerprint density at radius 2 is 1.72 bits per heavy atom. The molecule has 0 spiro atoms. The number of methoxy groups -OCH3 is 1. The highest BCUT2D eigenvalue weighted by Gasteiger charge is 2.20. The minimum absolute atomic E-state index is 0.102. The molecule has 2 rings (SSSR count). The number of carbonyl (C=O) groups excluding carboxylic acids is 2. The van der Waals surface area contributed by atoms with Crippen LogP contribution in [0.1, 0.15) is 35.3 Å². The number of sulfone groups is 1. The van der Waals surface area contributed by atoms with Gasteiger partial charge in [0.2, 0.25) is 0 Å². The number of amides is 2. The van der Waals surface area contributed by atoms with E-state index in [1.807, 2.05) is 19.1 Å². The summed E-state index contributed by atoms with van der Waals surface area (Å²) in [5.41, 5.74) is 1.10. The van der Waals surface area contributed by atoms with Crippen LogP contribution in [0.2, 0.25) is 0 Å². The quantitative estimate of drug-likeness (QED) is 0.550. The molecule has 1 atom stereocenters. The van der Waals surface area contributed by atoms with Gasteiger partial charge in [0.15, 0.2) is 16.4 Å². The number of para-hydroxylation sites is 1. The van der Waals surface area contributed by atoms with Gasteiger partial charge in [-0.05, 0) is 36.8 Å². The summed E-state index contributed by atoms with van der Waals surface area (Å²) in [6, 6.07) is 12.7. The van der Waals surface area contributed by atoms with E-state index in [1.54, 1.807) is 26.2 Å². The van der Waals surface area contributed by atoms with Gasteiger partial charge >= 0.3 is 0 Å². The molecule has 1 unspecified atom stereocenters. The highest BCUT2D eigenvalue weighted by atomic mass is 32.2. The second-order valence-corrected chi connectivity index (χ2v) is 9.49. The summed E-state index contributed by atoms with van der Waals surface area (Å²) in [7, 11) is 1.28. The minimum atomic E-state index is -3.46. The number of carbonyl (C=O) groups is 2. The average molecular weight is 463 g/mol. The molecule has 0 aliphatic rings. The highest BCUT2D eigenvalue weighted by molar-refractivity contribution is 7.91. The maximum Gasteiger partial charge on any atom is 0.259 e. The molecule has 2 aromatic rings.